The lowest BCUT2D eigenvalue weighted by Crippen LogP contribution is -2.46. The van der Waals surface area contributed by atoms with E-state index in [4.69, 9.17) is 27.8 Å². The zero-order chi connectivity index (χ0) is 34.8. The molecule has 1 saturated heterocycles. The van der Waals surface area contributed by atoms with Gasteiger partial charge in [-0.2, -0.15) is 5.09 Å². The maximum Gasteiger partial charge on any atom is 0.613 e. The number of para-hydroxylation sites is 1. The van der Waals surface area contributed by atoms with E-state index in [0.717, 1.165) is 23.8 Å². The fourth-order valence-electron chi connectivity index (χ4n) is 4.30. The van der Waals surface area contributed by atoms with Crippen molar-refractivity contribution in [1.82, 2.24) is 19.7 Å². The standard InChI is InChI=1S/C28H39FN4O12P2/c1-6-15-40-24(35)18(3)31-46(38)42-17-21-23(28(5,29)26(43-21)33-14-13-22(34)30-27(33)37)45-47(39,44-20-11-9-8-10-12-20)32-19(4)25(36)41-16-7-2/h8-14,18-19,21,23,26H,6-7,15-17H2,1-5H3,(H2-,30,31,32,34,37,38,39)/p+1/t18-,19-,21+,23+,26+,28+,47?/m0/s1. The summed E-state index contributed by atoms with van der Waals surface area (Å²) < 4.78 is 77.4. The number of alkyl halides is 1. The molecule has 47 heavy (non-hydrogen) atoms. The normalized spacial score (nSPS) is 23.7. The first-order chi connectivity index (χ1) is 22.2. The van der Waals surface area contributed by atoms with E-state index in [1.807, 2.05) is 4.98 Å². The van der Waals surface area contributed by atoms with E-state index in [1.165, 1.54) is 26.0 Å². The Balaban J connectivity index is 1.94. The van der Waals surface area contributed by atoms with Crippen molar-refractivity contribution in [3.05, 3.63) is 63.4 Å². The maximum atomic E-state index is 16.8. The second-order valence-electron chi connectivity index (χ2n) is 10.7. The Hall–Kier alpha value is -3.30. The minimum Gasteiger partial charge on any atom is -0.465 e. The Morgan fingerprint density at radius 1 is 1.09 bits per heavy atom. The van der Waals surface area contributed by atoms with Gasteiger partial charge in [0.15, 0.2) is 11.9 Å². The van der Waals surface area contributed by atoms with E-state index in [-0.39, 0.29) is 19.0 Å². The van der Waals surface area contributed by atoms with Gasteiger partial charge in [0.1, 0.15) is 36.6 Å². The van der Waals surface area contributed by atoms with Crippen molar-refractivity contribution < 1.29 is 50.9 Å². The number of hydrogen-bond donors (Lipinski definition) is 3. The summed E-state index contributed by atoms with van der Waals surface area (Å²) >= 11 is 0. The van der Waals surface area contributed by atoms with Crippen molar-refractivity contribution in [1.29, 1.82) is 0 Å². The zero-order valence-corrected chi connectivity index (χ0v) is 28.4. The fourth-order valence-corrected chi connectivity index (χ4v) is 6.86. The summed E-state index contributed by atoms with van der Waals surface area (Å²) in [5, 5.41) is 4.89. The topological polar surface area (TPSA) is 203 Å². The molecule has 1 fully saturated rings. The third kappa shape index (κ3) is 10.6. The van der Waals surface area contributed by atoms with Crippen LogP contribution in [0.15, 0.2) is 52.2 Å². The third-order valence-electron chi connectivity index (χ3n) is 6.62. The number of hydrogen-bond acceptors (Lipinski definition) is 12. The molecule has 0 amide bonds. The van der Waals surface area contributed by atoms with E-state index in [0.29, 0.717) is 12.8 Å². The third-order valence-corrected chi connectivity index (χ3v) is 9.26. The number of esters is 2. The number of nitrogens with zero attached hydrogens (tertiary/aromatic N) is 1. The molecule has 3 rings (SSSR count). The summed E-state index contributed by atoms with van der Waals surface area (Å²) in [6, 6.07) is 6.40. The van der Waals surface area contributed by atoms with E-state index in [2.05, 4.69) is 10.2 Å². The molecule has 260 valence electrons. The molecule has 2 unspecified atom stereocenters. The van der Waals surface area contributed by atoms with Crippen LogP contribution in [0.1, 0.15) is 53.7 Å². The van der Waals surface area contributed by atoms with Crippen molar-refractivity contribution in [2.75, 3.05) is 19.8 Å². The van der Waals surface area contributed by atoms with Crippen LogP contribution >= 0.6 is 15.9 Å². The van der Waals surface area contributed by atoms with Gasteiger partial charge in [-0.3, -0.25) is 28.5 Å². The van der Waals surface area contributed by atoms with Gasteiger partial charge in [0.05, 0.1) is 13.2 Å². The minimum atomic E-state index is -4.70. The van der Waals surface area contributed by atoms with E-state index >= 15 is 4.39 Å². The number of benzene rings is 1. The van der Waals surface area contributed by atoms with Crippen molar-refractivity contribution in [3.63, 3.8) is 0 Å². The van der Waals surface area contributed by atoms with Crippen LogP contribution in [0.5, 0.6) is 5.75 Å². The molecule has 2 heterocycles. The van der Waals surface area contributed by atoms with Crippen LogP contribution in [0, 0.1) is 0 Å². The van der Waals surface area contributed by atoms with Crippen LogP contribution in [-0.2, 0) is 42.0 Å². The van der Waals surface area contributed by atoms with Crippen LogP contribution in [0.25, 0.3) is 0 Å². The second-order valence-corrected chi connectivity index (χ2v) is 13.4. The zero-order valence-electron chi connectivity index (χ0n) is 26.6. The Bertz CT molecular complexity index is 1540. The fraction of sp³-hybridized carbons (Fsp3) is 0.571. The average molecular weight is 706 g/mol. The van der Waals surface area contributed by atoms with Crippen molar-refractivity contribution in [3.8, 4) is 5.75 Å². The van der Waals surface area contributed by atoms with Crippen molar-refractivity contribution in [2.24, 2.45) is 0 Å². The molecule has 0 bridgehead atoms. The Morgan fingerprint density at radius 2 is 1.70 bits per heavy atom. The molecule has 2 aromatic rings. The molecule has 1 aromatic heterocycles. The lowest BCUT2D eigenvalue weighted by molar-refractivity contribution is -0.146. The number of aromatic nitrogens is 2. The van der Waals surface area contributed by atoms with Gasteiger partial charge in [-0.25, -0.2) is 13.8 Å². The molecule has 1 aliphatic rings. The number of nitrogens with one attached hydrogen (secondary N) is 3. The number of carbonyl (C=O) groups is 2. The molecule has 1 aliphatic heterocycles. The Morgan fingerprint density at radius 3 is 2.30 bits per heavy atom. The second kappa shape index (κ2) is 17.2. The molecule has 3 N–H and O–H groups in total. The Kier molecular flexibility index (Phi) is 14.0. The first kappa shape index (κ1) is 38.2. The molecule has 0 spiro atoms. The smallest absolute Gasteiger partial charge is 0.465 e. The van der Waals surface area contributed by atoms with Gasteiger partial charge in [0, 0.05) is 12.3 Å². The number of carbonyl (C=O) groups excluding carboxylic acids is 2. The molecule has 0 radical (unpaired) electrons. The quantitative estimate of drug-likeness (QED) is 0.151. The predicted molar refractivity (Wildman–Crippen MR) is 166 cm³/mol. The van der Waals surface area contributed by atoms with Gasteiger partial charge in [-0.15, -0.1) is 4.52 Å². The van der Waals surface area contributed by atoms with E-state index in [1.54, 1.807) is 32.0 Å². The molecule has 0 aliphatic carbocycles. The van der Waals surface area contributed by atoms with Gasteiger partial charge < -0.3 is 18.7 Å². The lowest BCUT2D eigenvalue weighted by Gasteiger charge is -2.31. The highest BCUT2D eigenvalue weighted by Gasteiger charge is 2.60. The summed E-state index contributed by atoms with van der Waals surface area (Å²) in [5.41, 5.74) is -4.47. The Labute approximate surface area is 271 Å². The summed E-state index contributed by atoms with van der Waals surface area (Å²) in [6.07, 6.45) is -3.07. The summed E-state index contributed by atoms with van der Waals surface area (Å²) in [6.45, 7) is 6.91. The molecule has 0 saturated carbocycles. The highest BCUT2D eigenvalue weighted by molar-refractivity contribution is 7.52. The average Bonchev–Trinajstić information content (AvgIpc) is 3.26. The van der Waals surface area contributed by atoms with Gasteiger partial charge >= 0.3 is 33.6 Å². The summed E-state index contributed by atoms with van der Waals surface area (Å²) in [4.78, 5) is 51.0. The predicted octanol–water partition coefficient (Wildman–Crippen LogP) is 3.27. The molecule has 16 nitrogen and oxygen atoms in total. The van der Waals surface area contributed by atoms with Crippen LogP contribution in [-0.4, -0.2) is 71.3 Å². The van der Waals surface area contributed by atoms with Crippen LogP contribution in [0.4, 0.5) is 4.39 Å². The molecular weight excluding hydrogens is 665 g/mol. The van der Waals surface area contributed by atoms with Crippen LogP contribution in [0.3, 0.4) is 0 Å². The summed E-state index contributed by atoms with van der Waals surface area (Å²) in [7, 11) is -7.47. The van der Waals surface area contributed by atoms with Crippen molar-refractivity contribution in [2.45, 2.75) is 83.6 Å². The van der Waals surface area contributed by atoms with Gasteiger partial charge in [-0.1, -0.05) is 37.1 Å². The maximum absolute atomic E-state index is 16.8. The van der Waals surface area contributed by atoms with Crippen LogP contribution < -0.4 is 25.9 Å². The van der Waals surface area contributed by atoms with E-state index in [9.17, 15) is 28.3 Å². The SMILES string of the molecule is CCCOC(=O)[C@H](C)N[P+](=O)OC[C@H]1O[C@@H](n2ccc(=O)[nH]c2=O)[C@](C)(F)[C@@H]1OP(=O)(N[C@@H](C)C(=O)OCCC)Oc1ccccc1. The molecule has 19 heteroatoms. The molecule has 1 aromatic carbocycles. The minimum absolute atomic E-state index is 0.0364. The number of H-pyrrole nitrogens is 1. The molecular formula is C28H40FN4O12P2+. The van der Waals surface area contributed by atoms with Crippen LogP contribution in [0.2, 0.25) is 0 Å². The van der Waals surface area contributed by atoms with Gasteiger partial charge in [0.25, 0.3) is 5.56 Å². The number of rotatable bonds is 18. The van der Waals surface area contributed by atoms with E-state index < -0.39 is 81.9 Å². The highest BCUT2D eigenvalue weighted by Crippen LogP contribution is 2.53. The number of aromatic amines is 1. The van der Waals surface area contributed by atoms with Gasteiger partial charge in [0.2, 0.25) is 0 Å². The monoisotopic (exact) mass is 705 g/mol. The number of halogens is 1. The largest absolute Gasteiger partial charge is 0.613 e. The first-order valence-corrected chi connectivity index (χ1v) is 17.6. The first-order valence-electron chi connectivity index (χ1n) is 14.9. The highest BCUT2D eigenvalue weighted by atomic mass is 31.2. The van der Waals surface area contributed by atoms with Crippen molar-refractivity contribution >= 4 is 27.9 Å². The summed E-state index contributed by atoms with van der Waals surface area (Å²) in [5.74, 6) is -1.43. The van der Waals surface area contributed by atoms with Gasteiger partial charge in [-0.05, 0) is 50.3 Å². The molecule has 8 atom stereocenters. The number of ether oxygens (including phenoxy) is 3. The lowest BCUT2D eigenvalue weighted by atomic mass is 9.98.